The zero-order valence-electron chi connectivity index (χ0n) is 11.9. The second kappa shape index (κ2) is 4.94. The molecule has 0 aromatic carbocycles. The van der Waals surface area contributed by atoms with Crippen LogP contribution >= 0.6 is 11.7 Å². The maximum absolute atomic E-state index is 12.5. The molecule has 2 saturated carbocycles. The SMILES string of the molecule is C[C@@H]1C[C@H]1c1ccc(CN(C(=O)c2cnsn2)C2CC2)o1. The fourth-order valence-corrected chi connectivity index (χ4v) is 3.13. The highest BCUT2D eigenvalue weighted by molar-refractivity contribution is 6.99. The van der Waals surface area contributed by atoms with E-state index in [9.17, 15) is 4.79 Å². The predicted molar refractivity (Wildman–Crippen MR) is 78.0 cm³/mol. The summed E-state index contributed by atoms with van der Waals surface area (Å²) in [5.41, 5.74) is 0.439. The van der Waals surface area contributed by atoms with Crippen LogP contribution in [-0.2, 0) is 6.54 Å². The minimum Gasteiger partial charge on any atom is -0.464 e. The van der Waals surface area contributed by atoms with Crippen LogP contribution in [0.15, 0.2) is 22.7 Å². The van der Waals surface area contributed by atoms with E-state index in [1.165, 1.54) is 6.42 Å². The van der Waals surface area contributed by atoms with Gasteiger partial charge in [-0.2, -0.15) is 8.75 Å². The predicted octanol–water partition coefficient (Wildman–Crippen LogP) is 3.06. The number of carbonyl (C=O) groups is 1. The molecule has 2 aliphatic rings. The van der Waals surface area contributed by atoms with Crippen molar-refractivity contribution in [3.05, 3.63) is 35.5 Å². The summed E-state index contributed by atoms with van der Waals surface area (Å²) in [5, 5.41) is 0. The lowest BCUT2D eigenvalue weighted by Gasteiger charge is -2.19. The highest BCUT2D eigenvalue weighted by atomic mass is 32.1. The average molecular weight is 303 g/mol. The van der Waals surface area contributed by atoms with Gasteiger partial charge in [-0.1, -0.05) is 6.92 Å². The monoisotopic (exact) mass is 303 g/mol. The summed E-state index contributed by atoms with van der Waals surface area (Å²) in [7, 11) is 0. The van der Waals surface area contributed by atoms with Gasteiger partial charge in [-0.3, -0.25) is 4.79 Å². The van der Waals surface area contributed by atoms with Crippen LogP contribution in [0.2, 0.25) is 0 Å². The first-order valence-electron chi connectivity index (χ1n) is 7.39. The lowest BCUT2D eigenvalue weighted by molar-refractivity contribution is 0.0712. The molecule has 0 bridgehead atoms. The first-order valence-corrected chi connectivity index (χ1v) is 8.12. The van der Waals surface area contributed by atoms with Crippen LogP contribution < -0.4 is 0 Å². The quantitative estimate of drug-likeness (QED) is 0.851. The number of nitrogens with zero attached hydrogens (tertiary/aromatic N) is 3. The van der Waals surface area contributed by atoms with E-state index < -0.39 is 0 Å². The fourth-order valence-electron chi connectivity index (χ4n) is 2.72. The van der Waals surface area contributed by atoms with Crippen molar-refractivity contribution in [3.63, 3.8) is 0 Å². The molecule has 5 nitrogen and oxygen atoms in total. The topological polar surface area (TPSA) is 59.2 Å². The number of carbonyl (C=O) groups excluding carboxylic acids is 1. The van der Waals surface area contributed by atoms with Crippen LogP contribution in [0.5, 0.6) is 0 Å². The third-order valence-electron chi connectivity index (χ3n) is 4.31. The van der Waals surface area contributed by atoms with Crippen LogP contribution in [0.1, 0.15) is 54.1 Å². The normalized spacial score (nSPS) is 24.0. The number of hydrogen-bond donors (Lipinski definition) is 0. The molecule has 2 fully saturated rings. The van der Waals surface area contributed by atoms with Gasteiger partial charge < -0.3 is 9.32 Å². The Bertz CT molecular complexity index is 648. The number of aromatic nitrogens is 2. The van der Waals surface area contributed by atoms with Gasteiger partial charge in [0.1, 0.15) is 11.5 Å². The van der Waals surface area contributed by atoms with Gasteiger partial charge in [0, 0.05) is 12.0 Å². The van der Waals surface area contributed by atoms with E-state index in [-0.39, 0.29) is 5.91 Å². The zero-order chi connectivity index (χ0) is 14.4. The van der Waals surface area contributed by atoms with E-state index >= 15 is 0 Å². The first kappa shape index (κ1) is 13.0. The molecular weight excluding hydrogens is 286 g/mol. The van der Waals surface area contributed by atoms with Crippen molar-refractivity contribution in [3.8, 4) is 0 Å². The molecule has 0 spiro atoms. The van der Waals surface area contributed by atoms with Gasteiger partial charge in [0.05, 0.1) is 24.5 Å². The molecule has 0 aliphatic heterocycles. The van der Waals surface area contributed by atoms with Crippen molar-refractivity contribution in [2.24, 2.45) is 5.92 Å². The summed E-state index contributed by atoms with van der Waals surface area (Å²) in [4.78, 5) is 14.4. The van der Waals surface area contributed by atoms with Crippen molar-refractivity contribution in [2.45, 2.75) is 44.7 Å². The van der Waals surface area contributed by atoms with Crippen LogP contribution in [0.25, 0.3) is 0 Å². The Morgan fingerprint density at radius 2 is 2.29 bits per heavy atom. The molecule has 1 amide bonds. The standard InChI is InChI=1S/C15H17N3O2S/c1-9-6-12(9)14-5-4-11(20-14)8-18(10-2-3-10)15(19)13-7-16-21-17-13/h4-5,7,9-10,12H,2-3,6,8H2,1H3/t9-,12-/m1/s1. The number of rotatable bonds is 5. The van der Waals surface area contributed by atoms with Crippen LogP contribution in [0.3, 0.4) is 0 Å². The molecule has 2 aromatic heterocycles. The summed E-state index contributed by atoms with van der Waals surface area (Å²) in [6.45, 7) is 2.77. The zero-order valence-corrected chi connectivity index (χ0v) is 12.7. The van der Waals surface area contributed by atoms with E-state index in [4.69, 9.17) is 4.42 Å². The van der Waals surface area contributed by atoms with E-state index in [0.29, 0.717) is 24.2 Å². The van der Waals surface area contributed by atoms with Crippen LogP contribution in [-0.4, -0.2) is 25.6 Å². The molecule has 6 heteroatoms. The Kier molecular flexibility index (Phi) is 3.06. The molecule has 2 atom stereocenters. The van der Waals surface area contributed by atoms with Crippen molar-refractivity contribution in [2.75, 3.05) is 0 Å². The van der Waals surface area contributed by atoms with Crippen molar-refractivity contribution < 1.29 is 9.21 Å². The number of furan rings is 1. The molecule has 110 valence electrons. The highest BCUT2D eigenvalue weighted by Crippen LogP contribution is 2.47. The van der Waals surface area contributed by atoms with Gasteiger partial charge in [0.25, 0.3) is 5.91 Å². The van der Waals surface area contributed by atoms with Gasteiger partial charge >= 0.3 is 0 Å². The Morgan fingerprint density at radius 3 is 2.90 bits per heavy atom. The van der Waals surface area contributed by atoms with Gasteiger partial charge in [-0.05, 0) is 37.3 Å². The molecule has 2 aliphatic carbocycles. The molecule has 0 N–H and O–H groups in total. The largest absolute Gasteiger partial charge is 0.464 e. The maximum atomic E-state index is 12.5. The van der Waals surface area contributed by atoms with E-state index in [0.717, 1.165) is 42.0 Å². The molecular formula is C15H17N3O2S. The Morgan fingerprint density at radius 1 is 1.48 bits per heavy atom. The minimum atomic E-state index is -0.0380. The molecule has 21 heavy (non-hydrogen) atoms. The molecule has 0 saturated heterocycles. The average Bonchev–Trinajstić information content (AvgIpc) is 3.32. The lowest BCUT2D eigenvalue weighted by Crippen LogP contribution is -2.32. The second-order valence-corrected chi connectivity index (χ2v) is 6.64. The molecule has 0 radical (unpaired) electrons. The van der Waals surface area contributed by atoms with Crippen molar-refractivity contribution >= 4 is 17.6 Å². The smallest absolute Gasteiger partial charge is 0.275 e. The summed E-state index contributed by atoms with van der Waals surface area (Å²) < 4.78 is 13.9. The molecule has 2 heterocycles. The van der Waals surface area contributed by atoms with Crippen LogP contribution in [0, 0.1) is 5.92 Å². The van der Waals surface area contributed by atoms with Gasteiger partial charge in [0.15, 0.2) is 5.69 Å². The molecule has 4 rings (SSSR count). The fraction of sp³-hybridized carbons (Fsp3) is 0.533. The van der Waals surface area contributed by atoms with Crippen LogP contribution in [0.4, 0.5) is 0 Å². The molecule has 0 unspecified atom stereocenters. The van der Waals surface area contributed by atoms with Crippen molar-refractivity contribution in [1.82, 2.24) is 13.6 Å². The van der Waals surface area contributed by atoms with Crippen molar-refractivity contribution in [1.29, 1.82) is 0 Å². The van der Waals surface area contributed by atoms with E-state index in [1.54, 1.807) is 6.20 Å². The first-order chi connectivity index (χ1) is 10.2. The minimum absolute atomic E-state index is 0.0380. The second-order valence-electron chi connectivity index (χ2n) is 6.08. The summed E-state index contributed by atoms with van der Waals surface area (Å²) in [6, 6.07) is 4.39. The third kappa shape index (κ3) is 2.60. The summed E-state index contributed by atoms with van der Waals surface area (Å²) in [6.07, 6.45) is 4.89. The Balaban J connectivity index is 1.50. The lowest BCUT2D eigenvalue weighted by atomic mass is 10.3. The highest BCUT2D eigenvalue weighted by Gasteiger charge is 2.38. The van der Waals surface area contributed by atoms with E-state index in [1.807, 2.05) is 11.0 Å². The number of hydrogen-bond acceptors (Lipinski definition) is 5. The third-order valence-corrected chi connectivity index (χ3v) is 4.79. The van der Waals surface area contributed by atoms with E-state index in [2.05, 4.69) is 21.7 Å². The Hall–Kier alpha value is -1.69. The van der Waals surface area contributed by atoms with Gasteiger partial charge in [0.2, 0.25) is 0 Å². The summed E-state index contributed by atoms with van der Waals surface area (Å²) in [5.74, 6) is 3.20. The molecule has 2 aromatic rings. The van der Waals surface area contributed by atoms with Gasteiger partial charge in [-0.25, -0.2) is 0 Å². The van der Waals surface area contributed by atoms with Gasteiger partial charge in [-0.15, -0.1) is 0 Å². The number of amides is 1. The summed E-state index contributed by atoms with van der Waals surface area (Å²) >= 11 is 1.07. The Labute approximate surface area is 127 Å². The maximum Gasteiger partial charge on any atom is 0.275 e.